The monoisotopic (exact) mass is 461 g/mol. The van der Waals surface area contributed by atoms with E-state index in [4.69, 9.17) is 21.1 Å². The Morgan fingerprint density at radius 2 is 1.75 bits per heavy atom. The molecule has 0 bridgehead atoms. The topological polar surface area (TPSA) is 104 Å². The number of nitrogens with zero attached hydrogens (tertiary/aromatic N) is 1. The molecule has 4 N–H and O–H groups in total. The van der Waals surface area contributed by atoms with Crippen LogP contribution in [0.3, 0.4) is 0 Å². The van der Waals surface area contributed by atoms with Crippen LogP contribution in [0.5, 0.6) is 5.75 Å². The summed E-state index contributed by atoms with van der Waals surface area (Å²) in [6.07, 6.45) is -4.18. The SMILES string of the molecule is CC(C)Oc1ccc(Cn2cc([C@@H]3O[C@H](CO)[C@@H](O)[C@H](O)[C@H]3O)c3cc(Cl)ccc32)cc1. The van der Waals surface area contributed by atoms with Gasteiger partial charge in [0, 0.05) is 34.2 Å². The second-order valence-electron chi connectivity index (χ2n) is 8.43. The van der Waals surface area contributed by atoms with E-state index in [9.17, 15) is 20.4 Å². The minimum absolute atomic E-state index is 0.0973. The standard InChI is InChI=1S/C24H28ClNO6/c1-13(2)31-16-6-3-14(4-7-16)10-26-11-18(17-9-15(25)5-8-19(17)26)24-23(30)22(29)21(28)20(12-27)32-24/h3-9,11,13,20-24,27-30H,10,12H2,1-2H3/t20-,21-,22+,23-,24+/m1/s1. The lowest BCUT2D eigenvalue weighted by atomic mass is 9.91. The fourth-order valence-corrected chi connectivity index (χ4v) is 4.33. The molecule has 0 unspecified atom stereocenters. The number of aliphatic hydroxyl groups excluding tert-OH is 4. The van der Waals surface area contributed by atoms with Gasteiger partial charge in [0.15, 0.2) is 0 Å². The first-order valence-corrected chi connectivity index (χ1v) is 11.0. The van der Waals surface area contributed by atoms with Crippen LogP contribution in [0.15, 0.2) is 48.7 Å². The number of halogens is 1. The molecule has 1 fully saturated rings. The summed E-state index contributed by atoms with van der Waals surface area (Å²) in [4.78, 5) is 0. The van der Waals surface area contributed by atoms with Crippen LogP contribution in [0, 0.1) is 0 Å². The van der Waals surface area contributed by atoms with Crippen molar-refractivity contribution in [3.05, 3.63) is 64.8 Å². The number of benzene rings is 2. The normalized spacial score (nSPS) is 26.1. The van der Waals surface area contributed by atoms with E-state index in [1.54, 1.807) is 12.1 Å². The average Bonchev–Trinajstić information content (AvgIpc) is 3.10. The highest BCUT2D eigenvalue weighted by atomic mass is 35.5. The van der Waals surface area contributed by atoms with Crippen LogP contribution in [0.4, 0.5) is 0 Å². The van der Waals surface area contributed by atoms with Gasteiger partial charge in [-0.05, 0) is 49.7 Å². The first-order chi connectivity index (χ1) is 15.3. The molecule has 4 rings (SSSR count). The minimum Gasteiger partial charge on any atom is -0.491 e. The second kappa shape index (κ2) is 9.39. The first kappa shape index (κ1) is 23.0. The molecule has 7 nitrogen and oxygen atoms in total. The van der Waals surface area contributed by atoms with Crippen molar-refractivity contribution in [1.82, 2.24) is 4.57 Å². The zero-order valence-corrected chi connectivity index (χ0v) is 18.7. The molecular weight excluding hydrogens is 434 g/mol. The number of ether oxygens (including phenoxy) is 2. The summed E-state index contributed by atoms with van der Waals surface area (Å²) in [5.41, 5.74) is 2.55. The Balaban J connectivity index is 1.70. The summed E-state index contributed by atoms with van der Waals surface area (Å²) in [6, 6.07) is 13.3. The molecule has 8 heteroatoms. The summed E-state index contributed by atoms with van der Waals surface area (Å²) in [7, 11) is 0. The van der Waals surface area contributed by atoms with Crippen LogP contribution in [0.1, 0.15) is 31.1 Å². The zero-order valence-electron chi connectivity index (χ0n) is 17.9. The molecule has 1 aliphatic rings. The molecule has 0 aliphatic carbocycles. The molecule has 1 saturated heterocycles. The third kappa shape index (κ3) is 4.50. The van der Waals surface area contributed by atoms with E-state index >= 15 is 0 Å². The summed E-state index contributed by atoms with van der Waals surface area (Å²) >= 11 is 6.25. The highest BCUT2D eigenvalue weighted by molar-refractivity contribution is 6.31. The lowest BCUT2D eigenvalue weighted by molar-refractivity contribution is -0.231. The predicted octanol–water partition coefficient (Wildman–Crippen LogP) is 2.65. The van der Waals surface area contributed by atoms with Gasteiger partial charge in [-0.15, -0.1) is 0 Å². The first-order valence-electron chi connectivity index (χ1n) is 10.6. The third-order valence-electron chi connectivity index (χ3n) is 5.72. The maximum Gasteiger partial charge on any atom is 0.119 e. The van der Waals surface area contributed by atoms with Crippen molar-refractivity contribution in [2.24, 2.45) is 0 Å². The van der Waals surface area contributed by atoms with Crippen LogP contribution in [-0.2, 0) is 11.3 Å². The molecule has 0 radical (unpaired) electrons. The fourth-order valence-electron chi connectivity index (χ4n) is 4.16. The summed E-state index contributed by atoms with van der Waals surface area (Å²) < 4.78 is 13.5. The van der Waals surface area contributed by atoms with E-state index in [2.05, 4.69) is 0 Å². The number of fused-ring (bicyclic) bond motifs is 1. The summed E-state index contributed by atoms with van der Waals surface area (Å²) in [5.74, 6) is 0.801. The zero-order chi connectivity index (χ0) is 23.0. The fraction of sp³-hybridized carbons (Fsp3) is 0.417. The van der Waals surface area contributed by atoms with E-state index in [-0.39, 0.29) is 6.10 Å². The van der Waals surface area contributed by atoms with Crippen LogP contribution in [0.25, 0.3) is 10.9 Å². The van der Waals surface area contributed by atoms with E-state index in [0.717, 1.165) is 22.2 Å². The Kier molecular flexibility index (Phi) is 6.76. The van der Waals surface area contributed by atoms with Crippen molar-refractivity contribution < 1.29 is 29.9 Å². The van der Waals surface area contributed by atoms with Gasteiger partial charge in [0.1, 0.15) is 36.3 Å². The maximum atomic E-state index is 10.6. The predicted molar refractivity (Wildman–Crippen MR) is 121 cm³/mol. The van der Waals surface area contributed by atoms with Gasteiger partial charge in [-0.2, -0.15) is 0 Å². The van der Waals surface area contributed by atoms with Crippen molar-refractivity contribution >= 4 is 22.5 Å². The number of aromatic nitrogens is 1. The highest BCUT2D eigenvalue weighted by Gasteiger charge is 2.44. The largest absolute Gasteiger partial charge is 0.491 e. The van der Waals surface area contributed by atoms with Crippen molar-refractivity contribution in [3.8, 4) is 5.75 Å². The molecule has 0 saturated carbocycles. The Hall–Kier alpha value is -2.13. The molecule has 32 heavy (non-hydrogen) atoms. The van der Waals surface area contributed by atoms with Crippen molar-refractivity contribution in [2.45, 2.75) is 57.0 Å². The summed E-state index contributed by atoms with van der Waals surface area (Å²) in [6.45, 7) is 4.03. The van der Waals surface area contributed by atoms with Crippen LogP contribution in [0.2, 0.25) is 5.02 Å². The van der Waals surface area contributed by atoms with Crippen molar-refractivity contribution in [2.75, 3.05) is 6.61 Å². The van der Waals surface area contributed by atoms with E-state index < -0.39 is 37.1 Å². The Morgan fingerprint density at radius 3 is 2.41 bits per heavy atom. The van der Waals surface area contributed by atoms with Gasteiger partial charge < -0.3 is 34.5 Å². The number of rotatable bonds is 6. The van der Waals surface area contributed by atoms with Gasteiger partial charge in [0.05, 0.1) is 12.7 Å². The Morgan fingerprint density at radius 1 is 1.03 bits per heavy atom. The highest BCUT2D eigenvalue weighted by Crippen LogP contribution is 2.38. The maximum absolute atomic E-state index is 10.6. The number of hydrogen-bond acceptors (Lipinski definition) is 6. The van der Waals surface area contributed by atoms with E-state index in [1.165, 1.54) is 0 Å². The Bertz CT molecular complexity index is 1060. The second-order valence-corrected chi connectivity index (χ2v) is 8.87. The summed E-state index contributed by atoms with van der Waals surface area (Å²) in [5, 5.41) is 41.8. The van der Waals surface area contributed by atoms with Crippen LogP contribution < -0.4 is 4.74 Å². The molecule has 0 spiro atoms. The lowest BCUT2D eigenvalue weighted by Gasteiger charge is -2.40. The Labute approximate surface area is 191 Å². The lowest BCUT2D eigenvalue weighted by Crippen LogP contribution is -2.55. The molecule has 2 heterocycles. The minimum atomic E-state index is -1.45. The quantitative estimate of drug-likeness (QED) is 0.450. The third-order valence-corrected chi connectivity index (χ3v) is 5.96. The molecule has 5 atom stereocenters. The molecule has 0 amide bonds. The molecule has 2 aromatic carbocycles. The molecule has 172 valence electrons. The van der Waals surface area contributed by atoms with Gasteiger partial charge in [-0.1, -0.05) is 23.7 Å². The van der Waals surface area contributed by atoms with Gasteiger partial charge >= 0.3 is 0 Å². The van der Waals surface area contributed by atoms with Crippen LogP contribution >= 0.6 is 11.6 Å². The molecule has 3 aromatic rings. The van der Waals surface area contributed by atoms with Gasteiger partial charge in [-0.25, -0.2) is 0 Å². The van der Waals surface area contributed by atoms with Gasteiger partial charge in [0.2, 0.25) is 0 Å². The van der Waals surface area contributed by atoms with Gasteiger partial charge in [-0.3, -0.25) is 0 Å². The van der Waals surface area contributed by atoms with Crippen molar-refractivity contribution in [1.29, 1.82) is 0 Å². The number of hydrogen-bond donors (Lipinski definition) is 4. The van der Waals surface area contributed by atoms with E-state index in [0.29, 0.717) is 17.1 Å². The molecule has 1 aromatic heterocycles. The molecular formula is C24H28ClNO6. The van der Waals surface area contributed by atoms with Crippen LogP contribution in [-0.4, -0.2) is 62.1 Å². The average molecular weight is 462 g/mol. The smallest absolute Gasteiger partial charge is 0.119 e. The number of aliphatic hydroxyl groups is 4. The van der Waals surface area contributed by atoms with Crippen molar-refractivity contribution in [3.63, 3.8) is 0 Å². The van der Waals surface area contributed by atoms with E-state index in [1.807, 2.05) is 54.9 Å². The molecule has 1 aliphatic heterocycles. The van der Waals surface area contributed by atoms with Gasteiger partial charge in [0.25, 0.3) is 0 Å².